The minimum absolute atomic E-state index is 0.365. The molecule has 0 aliphatic rings. The zero-order chi connectivity index (χ0) is 10.7. The van der Waals surface area contributed by atoms with E-state index in [0.29, 0.717) is 21.0 Å². The van der Waals surface area contributed by atoms with Crippen LogP contribution in [0.3, 0.4) is 0 Å². The van der Waals surface area contributed by atoms with Gasteiger partial charge in [0.1, 0.15) is 5.75 Å². The van der Waals surface area contributed by atoms with Gasteiger partial charge in [0.25, 0.3) is 0 Å². The van der Waals surface area contributed by atoms with Crippen LogP contribution in [0.1, 0.15) is 12.5 Å². The molecular weight excluding hydrogens is 288 g/mol. The van der Waals surface area contributed by atoms with E-state index in [9.17, 15) is 4.79 Å². The Morgan fingerprint density at radius 3 is 2.79 bits per heavy atom. The second-order valence-corrected chi connectivity index (χ2v) is 4.23. The van der Waals surface area contributed by atoms with Crippen molar-refractivity contribution in [3.8, 4) is 5.75 Å². The molecule has 0 radical (unpaired) electrons. The quantitative estimate of drug-likeness (QED) is 0.514. The molecule has 0 bridgehead atoms. The summed E-state index contributed by atoms with van der Waals surface area (Å²) >= 11 is 13.2. The van der Waals surface area contributed by atoms with Gasteiger partial charge >= 0.3 is 5.97 Å². The Morgan fingerprint density at radius 2 is 2.29 bits per heavy atom. The van der Waals surface area contributed by atoms with Crippen molar-refractivity contribution in [3.05, 3.63) is 27.2 Å². The number of rotatable bonds is 2. The molecular formula is C9H8BrClO2S. The Kier molecular flexibility index (Phi) is 4.29. The lowest BCUT2D eigenvalue weighted by atomic mass is 10.2. The molecule has 1 rings (SSSR count). The van der Waals surface area contributed by atoms with Gasteiger partial charge in [-0.25, -0.2) is 0 Å². The minimum Gasteiger partial charge on any atom is -0.425 e. The van der Waals surface area contributed by atoms with Crippen LogP contribution < -0.4 is 4.74 Å². The highest BCUT2D eigenvalue weighted by atomic mass is 79.9. The summed E-state index contributed by atoms with van der Waals surface area (Å²) in [4.78, 5) is 10.8. The van der Waals surface area contributed by atoms with E-state index in [1.165, 1.54) is 6.92 Å². The average molecular weight is 296 g/mol. The Bertz CT molecular complexity index is 368. The lowest BCUT2D eigenvalue weighted by molar-refractivity contribution is -0.131. The number of ether oxygens (including phenoxy) is 1. The van der Waals surface area contributed by atoms with E-state index >= 15 is 0 Å². The van der Waals surface area contributed by atoms with Gasteiger partial charge in [0.05, 0.1) is 4.47 Å². The van der Waals surface area contributed by atoms with Gasteiger partial charge in [-0.1, -0.05) is 11.6 Å². The Labute approximate surface area is 101 Å². The molecule has 0 heterocycles. The third-order valence-electron chi connectivity index (χ3n) is 1.50. The molecule has 0 aliphatic heterocycles. The van der Waals surface area contributed by atoms with Gasteiger partial charge in [-0.05, 0) is 28.1 Å². The van der Waals surface area contributed by atoms with Crippen LogP contribution in [0.2, 0.25) is 5.02 Å². The molecule has 0 aliphatic carbocycles. The van der Waals surface area contributed by atoms with E-state index in [-0.39, 0.29) is 5.97 Å². The van der Waals surface area contributed by atoms with Crippen LogP contribution in [0.5, 0.6) is 5.75 Å². The van der Waals surface area contributed by atoms with Crippen LogP contribution in [-0.2, 0) is 10.5 Å². The molecule has 0 amide bonds. The number of carbonyl (C=O) groups is 1. The maximum atomic E-state index is 10.8. The number of benzene rings is 1. The molecule has 0 spiro atoms. The molecule has 76 valence electrons. The predicted octanol–water partition coefficient (Wildman–Crippen LogP) is 3.46. The molecule has 0 aromatic heterocycles. The highest BCUT2D eigenvalue weighted by molar-refractivity contribution is 9.10. The van der Waals surface area contributed by atoms with E-state index in [2.05, 4.69) is 28.6 Å². The van der Waals surface area contributed by atoms with Crippen molar-refractivity contribution < 1.29 is 9.53 Å². The maximum absolute atomic E-state index is 10.8. The van der Waals surface area contributed by atoms with Crippen LogP contribution >= 0.6 is 40.2 Å². The summed E-state index contributed by atoms with van der Waals surface area (Å²) in [6.07, 6.45) is 0. The van der Waals surface area contributed by atoms with E-state index in [4.69, 9.17) is 16.3 Å². The van der Waals surface area contributed by atoms with Gasteiger partial charge in [0, 0.05) is 23.3 Å². The average Bonchev–Trinajstić information content (AvgIpc) is 2.08. The number of carbonyl (C=O) groups excluding carboxylic acids is 1. The molecule has 1 aromatic carbocycles. The molecule has 0 saturated heterocycles. The van der Waals surface area contributed by atoms with Gasteiger partial charge in [-0.3, -0.25) is 4.79 Å². The molecule has 0 fully saturated rings. The molecule has 0 unspecified atom stereocenters. The van der Waals surface area contributed by atoms with Crippen molar-refractivity contribution in [1.82, 2.24) is 0 Å². The summed E-state index contributed by atoms with van der Waals surface area (Å²) in [7, 11) is 0. The smallest absolute Gasteiger partial charge is 0.308 e. The summed E-state index contributed by atoms with van der Waals surface area (Å²) in [6, 6.07) is 3.39. The third-order valence-corrected chi connectivity index (χ3v) is 2.65. The molecule has 1 aromatic rings. The minimum atomic E-state index is -0.365. The van der Waals surface area contributed by atoms with Crippen LogP contribution in [0.25, 0.3) is 0 Å². The van der Waals surface area contributed by atoms with E-state index in [1.54, 1.807) is 12.1 Å². The predicted molar refractivity (Wildman–Crippen MR) is 63.2 cm³/mol. The van der Waals surface area contributed by atoms with Crippen molar-refractivity contribution in [2.75, 3.05) is 0 Å². The number of hydrogen-bond acceptors (Lipinski definition) is 3. The monoisotopic (exact) mass is 294 g/mol. The highest BCUT2D eigenvalue weighted by Gasteiger charge is 2.11. The standard InChI is InChI=1S/C9H8BrClO2S/c1-5(12)13-9-6(4-14)2-7(11)3-8(9)10/h2-3,14H,4H2,1H3. The second kappa shape index (κ2) is 5.05. The molecule has 5 heteroatoms. The first-order valence-electron chi connectivity index (χ1n) is 3.81. The van der Waals surface area contributed by atoms with Crippen molar-refractivity contribution in [1.29, 1.82) is 0 Å². The molecule has 0 saturated carbocycles. The fourth-order valence-electron chi connectivity index (χ4n) is 0.989. The van der Waals surface area contributed by atoms with Gasteiger partial charge < -0.3 is 4.74 Å². The summed E-state index contributed by atoms with van der Waals surface area (Å²) < 4.78 is 5.69. The third kappa shape index (κ3) is 2.90. The van der Waals surface area contributed by atoms with Crippen LogP contribution in [0, 0.1) is 0 Å². The normalized spacial score (nSPS) is 10.0. The maximum Gasteiger partial charge on any atom is 0.308 e. The first kappa shape index (κ1) is 11.9. The van der Waals surface area contributed by atoms with Gasteiger partial charge in [0.2, 0.25) is 0 Å². The Morgan fingerprint density at radius 1 is 1.64 bits per heavy atom. The largest absolute Gasteiger partial charge is 0.425 e. The molecule has 0 N–H and O–H groups in total. The van der Waals surface area contributed by atoms with Crippen LogP contribution in [0.4, 0.5) is 0 Å². The first-order valence-corrected chi connectivity index (χ1v) is 5.62. The van der Waals surface area contributed by atoms with Crippen molar-refractivity contribution in [2.24, 2.45) is 0 Å². The fraction of sp³-hybridized carbons (Fsp3) is 0.222. The molecule has 0 atom stereocenters. The summed E-state index contributed by atoms with van der Waals surface area (Å²) in [5, 5.41) is 0.580. The van der Waals surface area contributed by atoms with Crippen molar-refractivity contribution in [2.45, 2.75) is 12.7 Å². The number of halogens is 2. The summed E-state index contributed by atoms with van der Waals surface area (Å²) in [5.74, 6) is 0.579. The Hall–Kier alpha value is -0.190. The topological polar surface area (TPSA) is 26.3 Å². The first-order chi connectivity index (χ1) is 6.54. The molecule has 14 heavy (non-hydrogen) atoms. The zero-order valence-electron chi connectivity index (χ0n) is 7.38. The SMILES string of the molecule is CC(=O)Oc1c(Br)cc(Cl)cc1CS. The van der Waals surface area contributed by atoms with Crippen molar-refractivity contribution in [3.63, 3.8) is 0 Å². The second-order valence-electron chi connectivity index (χ2n) is 2.63. The van der Waals surface area contributed by atoms with Gasteiger partial charge in [-0.2, -0.15) is 12.6 Å². The lowest BCUT2D eigenvalue weighted by Crippen LogP contribution is -2.04. The number of esters is 1. The van der Waals surface area contributed by atoms with Crippen LogP contribution in [0.15, 0.2) is 16.6 Å². The Balaban J connectivity index is 3.18. The van der Waals surface area contributed by atoms with E-state index in [1.807, 2.05) is 0 Å². The lowest BCUT2D eigenvalue weighted by Gasteiger charge is -2.09. The summed E-state index contributed by atoms with van der Waals surface area (Å²) in [6.45, 7) is 1.35. The zero-order valence-corrected chi connectivity index (χ0v) is 10.6. The summed E-state index contributed by atoms with van der Waals surface area (Å²) in [5.41, 5.74) is 0.780. The van der Waals surface area contributed by atoms with E-state index in [0.717, 1.165) is 5.56 Å². The number of hydrogen-bond donors (Lipinski definition) is 1. The highest BCUT2D eigenvalue weighted by Crippen LogP contribution is 2.33. The van der Waals surface area contributed by atoms with Gasteiger partial charge in [0.15, 0.2) is 0 Å². The fourth-order valence-corrected chi connectivity index (χ4v) is 2.18. The molecule has 2 nitrogen and oxygen atoms in total. The van der Waals surface area contributed by atoms with Gasteiger partial charge in [-0.15, -0.1) is 0 Å². The van der Waals surface area contributed by atoms with Crippen LogP contribution in [-0.4, -0.2) is 5.97 Å². The van der Waals surface area contributed by atoms with Crippen molar-refractivity contribution >= 4 is 46.1 Å². The van der Waals surface area contributed by atoms with E-state index < -0.39 is 0 Å². The number of thiol groups is 1.